The molecular weight excluding hydrogens is 236 g/mol. The van der Waals surface area contributed by atoms with Gasteiger partial charge >= 0.3 is 0 Å². The number of carbonyl (C=O) groups excluding carboxylic acids is 1. The van der Waals surface area contributed by atoms with Gasteiger partial charge in [-0.25, -0.2) is 0 Å². The predicted molar refractivity (Wildman–Crippen MR) is 78.0 cm³/mol. The van der Waals surface area contributed by atoms with Crippen LogP contribution in [0.15, 0.2) is 54.6 Å². The van der Waals surface area contributed by atoms with Crippen molar-refractivity contribution < 1.29 is 4.79 Å². The van der Waals surface area contributed by atoms with E-state index in [4.69, 9.17) is 0 Å². The van der Waals surface area contributed by atoms with Crippen LogP contribution >= 0.6 is 0 Å². The summed E-state index contributed by atoms with van der Waals surface area (Å²) in [5.41, 5.74) is 4.12. The molecule has 1 amide bonds. The molecule has 1 aromatic heterocycles. The first-order valence-corrected chi connectivity index (χ1v) is 6.18. The van der Waals surface area contributed by atoms with E-state index in [0.29, 0.717) is 0 Å². The molecule has 3 nitrogen and oxygen atoms in total. The molecule has 0 bridgehead atoms. The maximum absolute atomic E-state index is 11.0. The summed E-state index contributed by atoms with van der Waals surface area (Å²) in [6, 6.07) is 18.1. The third-order valence-corrected chi connectivity index (χ3v) is 3.05. The van der Waals surface area contributed by atoms with E-state index in [9.17, 15) is 4.79 Å². The van der Waals surface area contributed by atoms with Crippen molar-refractivity contribution in [3.05, 3.63) is 54.6 Å². The Morgan fingerprint density at radius 3 is 2.47 bits per heavy atom. The van der Waals surface area contributed by atoms with Crippen LogP contribution in [0.1, 0.15) is 6.92 Å². The Morgan fingerprint density at radius 2 is 1.79 bits per heavy atom. The zero-order chi connectivity index (χ0) is 13.2. The van der Waals surface area contributed by atoms with Gasteiger partial charge in [-0.2, -0.15) is 0 Å². The second kappa shape index (κ2) is 4.61. The molecule has 0 saturated carbocycles. The first kappa shape index (κ1) is 11.5. The van der Waals surface area contributed by atoms with Crippen LogP contribution in [0, 0.1) is 0 Å². The molecule has 0 saturated heterocycles. The lowest BCUT2D eigenvalue weighted by molar-refractivity contribution is -0.114. The van der Waals surface area contributed by atoms with Crippen LogP contribution in [0.25, 0.3) is 22.2 Å². The molecule has 2 aromatic carbocycles. The maximum atomic E-state index is 11.0. The highest BCUT2D eigenvalue weighted by atomic mass is 16.1. The summed E-state index contributed by atoms with van der Waals surface area (Å²) in [5, 5.41) is 3.96. The van der Waals surface area contributed by atoms with Gasteiger partial charge < -0.3 is 10.3 Å². The first-order chi connectivity index (χ1) is 9.22. The lowest BCUT2D eigenvalue weighted by Gasteiger charge is -2.03. The van der Waals surface area contributed by atoms with E-state index in [1.165, 1.54) is 12.3 Å². The monoisotopic (exact) mass is 250 g/mol. The minimum atomic E-state index is -0.0571. The number of amides is 1. The molecule has 0 unspecified atom stereocenters. The van der Waals surface area contributed by atoms with Gasteiger partial charge in [0.25, 0.3) is 0 Å². The lowest BCUT2D eigenvalue weighted by Crippen LogP contribution is -2.05. The second-order valence-corrected chi connectivity index (χ2v) is 4.53. The average Bonchev–Trinajstić information content (AvgIpc) is 2.82. The Morgan fingerprint density at radius 1 is 1.05 bits per heavy atom. The Balaban J connectivity index is 1.95. The molecule has 0 aliphatic rings. The number of aromatic nitrogens is 1. The number of rotatable bonds is 2. The highest BCUT2D eigenvalue weighted by molar-refractivity contribution is 5.89. The molecule has 1 heterocycles. The van der Waals surface area contributed by atoms with Gasteiger partial charge in [0.1, 0.15) is 0 Å². The molecule has 0 atom stereocenters. The summed E-state index contributed by atoms with van der Waals surface area (Å²) < 4.78 is 0. The van der Waals surface area contributed by atoms with Gasteiger partial charge in [-0.15, -0.1) is 0 Å². The van der Waals surface area contributed by atoms with E-state index in [-0.39, 0.29) is 5.91 Å². The third kappa shape index (κ3) is 2.36. The van der Waals surface area contributed by atoms with Gasteiger partial charge in [0, 0.05) is 29.2 Å². The molecule has 0 fully saturated rings. The number of anilines is 1. The van der Waals surface area contributed by atoms with E-state index in [2.05, 4.69) is 28.5 Å². The number of nitrogens with one attached hydrogen (secondary N) is 2. The topological polar surface area (TPSA) is 44.9 Å². The van der Waals surface area contributed by atoms with E-state index in [1.54, 1.807) is 0 Å². The number of carbonyl (C=O) groups is 1. The van der Waals surface area contributed by atoms with E-state index >= 15 is 0 Å². The summed E-state index contributed by atoms with van der Waals surface area (Å²) >= 11 is 0. The second-order valence-electron chi connectivity index (χ2n) is 4.53. The van der Waals surface area contributed by atoms with Crippen molar-refractivity contribution in [2.75, 3.05) is 5.32 Å². The van der Waals surface area contributed by atoms with Crippen LogP contribution in [0.2, 0.25) is 0 Å². The lowest BCUT2D eigenvalue weighted by atomic mass is 10.1. The van der Waals surface area contributed by atoms with Crippen LogP contribution in [-0.2, 0) is 4.79 Å². The van der Waals surface area contributed by atoms with Gasteiger partial charge in [-0.05, 0) is 29.8 Å². The van der Waals surface area contributed by atoms with Crippen LogP contribution in [0.3, 0.4) is 0 Å². The SMILES string of the molecule is CC(=O)Nc1ccc(-c2cc3ccccc3[nH]2)cc1. The number of hydrogen-bond acceptors (Lipinski definition) is 1. The van der Waals surface area contributed by atoms with Gasteiger partial charge in [-0.1, -0.05) is 30.3 Å². The Kier molecular flexibility index (Phi) is 2.80. The number of hydrogen-bond donors (Lipinski definition) is 2. The minimum Gasteiger partial charge on any atom is -0.355 e. The number of aromatic amines is 1. The average molecular weight is 250 g/mol. The fourth-order valence-corrected chi connectivity index (χ4v) is 2.17. The van der Waals surface area contributed by atoms with Gasteiger partial charge in [0.2, 0.25) is 5.91 Å². The smallest absolute Gasteiger partial charge is 0.221 e. The van der Waals surface area contributed by atoms with Crippen LogP contribution in [0.5, 0.6) is 0 Å². The van der Waals surface area contributed by atoms with Crippen LogP contribution in [0.4, 0.5) is 5.69 Å². The van der Waals surface area contributed by atoms with Crippen molar-refractivity contribution in [2.45, 2.75) is 6.92 Å². The zero-order valence-corrected chi connectivity index (χ0v) is 10.6. The largest absolute Gasteiger partial charge is 0.355 e. The Bertz CT molecular complexity index is 693. The molecular formula is C16H14N2O. The highest BCUT2D eigenvalue weighted by Crippen LogP contribution is 2.25. The normalized spacial score (nSPS) is 10.6. The molecule has 2 N–H and O–H groups in total. The highest BCUT2D eigenvalue weighted by Gasteiger charge is 2.03. The molecule has 3 rings (SSSR count). The summed E-state index contributed by atoms with van der Waals surface area (Å²) in [5.74, 6) is -0.0571. The molecule has 0 aliphatic heterocycles. The summed E-state index contributed by atoms with van der Waals surface area (Å²) in [7, 11) is 0. The third-order valence-electron chi connectivity index (χ3n) is 3.05. The predicted octanol–water partition coefficient (Wildman–Crippen LogP) is 3.79. The van der Waals surface area contributed by atoms with Crippen molar-refractivity contribution in [2.24, 2.45) is 0 Å². The van der Waals surface area contributed by atoms with E-state index in [1.807, 2.05) is 36.4 Å². The van der Waals surface area contributed by atoms with E-state index in [0.717, 1.165) is 22.5 Å². The Labute approximate surface area is 111 Å². The Hall–Kier alpha value is -2.55. The molecule has 0 spiro atoms. The fraction of sp³-hybridized carbons (Fsp3) is 0.0625. The van der Waals surface area contributed by atoms with Crippen LogP contribution in [-0.4, -0.2) is 10.9 Å². The quantitative estimate of drug-likeness (QED) is 0.714. The van der Waals surface area contributed by atoms with E-state index < -0.39 is 0 Å². The summed E-state index contributed by atoms with van der Waals surface area (Å²) in [6.45, 7) is 1.51. The van der Waals surface area contributed by atoms with Crippen LogP contribution < -0.4 is 5.32 Å². The number of benzene rings is 2. The molecule has 3 aromatic rings. The number of H-pyrrole nitrogens is 1. The van der Waals surface area contributed by atoms with Crippen molar-refractivity contribution in [3.8, 4) is 11.3 Å². The summed E-state index contributed by atoms with van der Waals surface area (Å²) in [6.07, 6.45) is 0. The van der Waals surface area contributed by atoms with Crippen molar-refractivity contribution in [1.29, 1.82) is 0 Å². The molecule has 19 heavy (non-hydrogen) atoms. The zero-order valence-electron chi connectivity index (χ0n) is 10.6. The first-order valence-electron chi connectivity index (χ1n) is 6.18. The van der Waals surface area contributed by atoms with Gasteiger partial charge in [-0.3, -0.25) is 4.79 Å². The van der Waals surface area contributed by atoms with Crippen molar-refractivity contribution in [1.82, 2.24) is 4.98 Å². The molecule has 0 radical (unpaired) electrons. The molecule has 3 heteroatoms. The van der Waals surface area contributed by atoms with Gasteiger partial charge in [0.15, 0.2) is 0 Å². The standard InChI is InChI=1S/C16H14N2O/c1-11(19)17-14-8-6-12(7-9-14)16-10-13-4-2-3-5-15(13)18-16/h2-10,18H,1H3,(H,17,19). The van der Waals surface area contributed by atoms with Gasteiger partial charge in [0.05, 0.1) is 0 Å². The van der Waals surface area contributed by atoms with Crippen molar-refractivity contribution >= 4 is 22.5 Å². The minimum absolute atomic E-state index is 0.0571. The number of fused-ring (bicyclic) bond motifs is 1. The fourth-order valence-electron chi connectivity index (χ4n) is 2.17. The summed E-state index contributed by atoms with van der Waals surface area (Å²) in [4.78, 5) is 14.4. The maximum Gasteiger partial charge on any atom is 0.221 e. The molecule has 94 valence electrons. The van der Waals surface area contributed by atoms with Crippen molar-refractivity contribution in [3.63, 3.8) is 0 Å². The molecule has 0 aliphatic carbocycles. The number of para-hydroxylation sites is 1.